The first-order valence-corrected chi connectivity index (χ1v) is 9.81. The summed E-state index contributed by atoms with van der Waals surface area (Å²) >= 11 is 0. The number of carbonyl (C=O) groups excluding carboxylic acids is 1. The molecule has 2 aromatic heterocycles. The molecule has 3 heterocycles. The standard InChI is InChI=1S/C22H18N6O3/c29-18-6-2-3-12-7-8-15(10-16(12)25-18)24-21-19-17(11-23-28-19)26-20(27-21)13-4-1-5-14(9-13)22(30)31/h1,4-5,7-11H,2-3,6H2,(H,23,28)(H,25,29)(H,30,31)(H,24,26,27). The Bertz CT molecular complexity index is 1330. The number of rotatable bonds is 4. The van der Waals surface area contributed by atoms with Gasteiger partial charge >= 0.3 is 5.97 Å². The van der Waals surface area contributed by atoms with Crippen LogP contribution < -0.4 is 10.6 Å². The number of aromatic carboxylic acids is 1. The van der Waals surface area contributed by atoms with Crippen LogP contribution in [0.5, 0.6) is 0 Å². The largest absolute Gasteiger partial charge is 0.478 e. The zero-order valence-electron chi connectivity index (χ0n) is 16.3. The average molecular weight is 414 g/mol. The Labute approximate surface area is 176 Å². The smallest absolute Gasteiger partial charge is 0.335 e. The fraction of sp³-hybridized carbons (Fsp3) is 0.136. The molecular weight excluding hydrogens is 396 g/mol. The van der Waals surface area contributed by atoms with E-state index in [1.54, 1.807) is 18.3 Å². The molecule has 0 radical (unpaired) electrons. The highest BCUT2D eigenvalue weighted by Crippen LogP contribution is 2.30. The number of fused-ring (bicyclic) bond motifs is 2. The fourth-order valence-electron chi connectivity index (χ4n) is 3.63. The number of aromatic nitrogens is 4. The summed E-state index contributed by atoms with van der Waals surface area (Å²) in [7, 11) is 0. The van der Waals surface area contributed by atoms with Crippen LogP contribution >= 0.6 is 0 Å². The number of H-pyrrole nitrogens is 1. The molecule has 31 heavy (non-hydrogen) atoms. The summed E-state index contributed by atoms with van der Waals surface area (Å²) in [6.45, 7) is 0. The van der Waals surface area contributed by atoms with E-state index in [4.69, 9.17) is 0 Å². The summed E-state index contributed by atoms with van der Waals surface area (Å²) in [5.41, 5.74) is 4.59. The van der Waals surface area contributed by atoms with Gasteiger partial charge in [0.25, 0.3) is 0 Å². The lowest BCUT2D eigenvalue weighted by Crippen LogP contribution is -2.09. The molecule has 0 fully saturated rings. The maximum absolute atomic E-state index is 11.9. The van der Waals surface area contributed by atoms with Gasteiger partial charge in [-0.2, -0.15) is 5.10 Å². The molecule has 0 unspecified atom stereocenters. The van der Waals surface area contributed by atoms with Crippen molar-refractivity contribution in [3.63, 3.8) is 0 Å². The number of nitrogens with zero attached hydrogens (tertiary/aromatic N) is 3. The van der Waals surface area contributed by atoms with Crippen LogP contribution in [0.25, 0.3) is 22.4 Å². The summed E-state index contributed by atoms with van der Waals surface area (Å²) in [6, 6.07) is 12.3. The van der Waals surface area contributed by atoms with E-state index in [0.29, 0.717) is 34.7 Å². The second-order valence-electron chi connectivity index (χ2n) is 7.31. The highest BCUT2D eigenvalue weighted by atomic mass is 16.4. The number of aryl methyl sites for hydroxylation is 1. The molecular formula is C22H18N6O3. The molecule has 0 atom stereocenters. The molecule has 0 saturated carbocycles. The minimum atomic E-state index is -1.02. The summed E-state index contributed by atoms with van der Waals surface area (Å²) in [5.74, 6) is -0.133. The first-order chi connectivity index (χ1) is 15.1. The number of aromatic amines is 1. The van der Waals surface area contributed by atoms with Crippen molar-refractivity contribution in [3.8, 4) is 11.4 Å². The Morgan fingerprint density at radius 3 is 2.87 bits per heavy atom. The van der Waals surface area contributed by atoms with Gasteiger partial charge in [-0.05, 0) is 42.7 Å². The number of carbonyl (C=O) groups is 2. The van der Waals surface area contributed by atoms with E-state index in [2.05, 4.69) is 30.8 Å². The number of amides is 1. The zero-order valence-corrected chi connectivity index (χ0v) is 16.3. The van der Waals surface area contributed by atoms with Gasteiger partial charge in [0.15, 0.2) is 11.6 Å². The van der Waals surface area contributed by atoms with Crippen LogP contribution in [0.1, 0.15) is 28.8 Å². The average Bonchev–Trinajstić information content (AvgIpc) is 3.16. The molecule has 1 amide bonds. The second kappa shape index (κ2) is 7.52. The van der Waals surface area contributed by atoms with E-state index in [9.17, 15) is 14.7 Å². The molecule has 154 valence electrons. The van der Waals surface area contributed by atoms with Crippen molar-refractivity contribution >= 4 is 40.1 Å². The normalized spacial score (nSPS) is 13.4. The van der Waals surface area contributed by atoms with E-state index < -0.39 is 5.97 Å². The van der Waals surface area contributed by atoms with Gasteiger partial charge in [-0.25, -0.2) is 14.8 Å². The molecule has 4 N–H and O–H groups in total. The van der Waals surface area contributed by atoms with Crippen molar-refractivity contribution in [2.45, 2.75) is 19.3 Å². The van der Waals surface area contributed by atoms with Crippen molar-refractivity contribution in [1.82, 2.24) is 20.2 Å². The van der Waals surface area contributed by atoms with E-state index >= 15 is 0 Å². The summed E-state index contributed by atoms with van der Waals surface area (Å²) < 4.78 is 0. The molecule has 0 bridgehead atoms. The molecule has 0 saturated heterocycles. The summed E-state index contributed by atoms with van der Waals surface area (Å²) in [4.78, 5) is 32.4. The Morgan fingerprint density at radius 2 is 2.00 bits per heavy atom. The maximum atomic E-state index is 11.9. The molecule has 0 aliphatic carbocycles. The van der Waals surface area contributed by atoms with Crippen LogP contribution in [-0.4, -0.2) is 37.1 Å². The van der Waals surface area contributed by atoms with Crippen LogP contribution in [0, 0.1) is 0 Å². The summed E-state index contributed by atoms with van der Waals surface area (Å²) in [5, 5.41) is 22.5. The highest BCUT2D eigenvalue weighted by Gasteiger charge is 2.16. The van der Waals surface area contributed by atoms with Crippen LogP contribution in [0.15, 0.2) is 48.7 Å². The number of nitrogens with one attached hydrogen (secondary N) is 3. The van der Waals surface area contributed by atoms with Crippen molar-refractivity contribution in [3.05, 3.63) is 59.8 Å². The molecule has 5 rings (SSSR count). The molecule has 0 spiro atoms. The lowest BCUT2D eigenvalue weighted by molar-refractivity contribution is -0.116. The number of carboxylic acids is 1. The van der Waals surface area contributed by atoms with Gasteiger partial charge < -0.3 is 15.7 Å². The maximum Gasteiger partial charge on any atom is 0.335 e. The summed E-state index contributed by atoms with van der Waals surface area (Å²) in [6.07, 6.45) is 3.77. The minimum absolute atomic E-state index is 0.00879. The number of hydrogen-bond acceptors (Lipinski definition) is 6. The van der Waals surface area contributed by atoms with Crippen molar-refractivity contribution in [1.29, 1.82) is 0 Å². The quantitative estimate of drug-likeness (QED) is 0.400. The Balaban J connectivity index is 1.55. The molecule has 9 nitrogen and oxygen atoms in total. The lowest BCUT2D eigenvalue weighted by atomic mass is 10.1. The van der Waals surface area contributed by atoms with Gasteiger partial charge in [0.1, 0.15) is 11.0 Å². The van der Waals surface area contributed by atoms with Crippen molar-refractivity contribution in [2.75, 3.05) is 10.6 Å². The van der Waals surface area contributed by atoms with Gasteiger partial charge in [0.2, 0.25) is 5.91 Å². The Hall–Kier alpha value is -4.27. The van der Waals surface area contributed by atoms with Crippen LogP contribution in [0.3, 0.4) is 0 Å². The van der Waals surface area contributed by atoms with Crippen LogP contribution in [0.2, 0.25) is 0 Å². The third-order valence-corrected chi connectivity index (χ3v) is 5.16. The van der Waals surface area contributed by atoms with E-state index in [1.807, 2.05) is 18.2 Å². The third kappa shape index (κ3) is 3.68. The number of anilines is 3. The highest BCUT2D eigenvalue weighted by molar-refractivity contribution is 5.94. The monoisotopic (exact) mass is 414 g/mol. The molecule has 4 aromatic rings. The Morgan fingerprint density at radius 1 is 1.10 bits per heavy atom. The van der Waals surface area contributed by atoms with Crippen LogP contribution in [0.4, 0.5) is 17.2 Å². The Kier molecular flexibility index (Phi) is 4.55. The van der Waals surface area contributed by atoms with E-state index in [-0.39, 0.29) is 11.5 Å². The third-order valence-electron chi connectivity index (χ3n) is 5.16. The number of carboxylic acid groups (broad SMARTS) is 1. The molecule has 1 aliphatic rings. The van der Waals surface area contributed by atoms with E-state index in [0.717, 1.165) is 29.8 Å². The van der Waals surface area contributed by atoms with Gasteiger partial charge in [-0.3, -0.25) is 9.89 Å². The zero-order chi connectivity index (χ0) is 21.4. The molecule has 1 aliphatic heterocycles. The first kappa shape index (κ1) is 18.7. The van der Waals surface area contributed by atoms with Crippen molar-refractivity contribution < 1.29 is 14.7 Å². The SMILES string of the molecule is O=C1CCCc2ccc(Nc3nc(-c4cccc(C(=O)O)c4)nc4cn[nH]c34)cc2N1. The number of hydrogen-bond donors (Lipinski definition) is 4. The number of benzene rings is 2. The lowest BCUT2D eigenvalue weighted by Gasteiger charge is -2.12. The first-order valence-electron chi connectivity index (χ1n) is 9.81. The van der Waals surface area contributed by atoms with Gasteiger partial charge in [-0.1, -0.05) is 18.2 Å². The van der Waals surface area contributed by atoms with Crippen molar-refractivity contribution in [2.24, 2.45) is 0 Å². The van der Waals surface area contributed by atoms with Gasteiger partial charge in [0.05, 0.1) is 11.8 Å². The topological polar surface area (TPSA) is 133 Å². The minimum Gasteiger partial charge on any atom is -0.478 e. The van der Waals surface area contributed by atoms with E-state index in [1.165, 1.54) is 12.1 Å². The second-order valence-corrected chi connectivity index (χ2v) is 7.31. The van der Waals surface area contributed by atoms with Crippen LogP contribution in [-0.2, 0) is 11.2 Å². The predicted octanol–water partition coefficient (Wildman–Crippen LogP) is 3.74. The van der Waals surface area contributed by atoms with Gasteiger partial charge in [0, 0.05) is 23.4 Å². The molecule has 9 heteroatoms. The molecule has 2 aromatic carbocycles. The fourth-order valence-corrected chi connectivity index (χ4v) is 3.63. The van der Waals surface area contributed by atoms with Gasteiger partial charge in [-0.15, -0.1) is 0 Å². The predicted molar refractivity (Wildman–Crippen MR) is 115 cm³/mol.